The molecule has 1 aromatic heterocycles. The molecule has 0 atom stereocenters. The second-order valence-electron chi connectivity index (χ2n) is 5.19. The summed E-state index contributed by atoms with van der Waals surface area (Å²) < 4.78 is 0. The van der Waals surface area contributed by atoms with Gasteiger partial charge in [-0.25, -0.2) is 4.98 Å². The highest BCUT2D eigenvalue weighted by Gasteiger charge is 2.32. The van der Waals surface area contributed by atoms with E-state index in [0.29, 0.717) is 23.4 Å². The first-order valence-electron chi connectivity index (χ1n) is 6.20. The van der Waals surface area contributed by atoms with Crippen LogP contribution in [0.25, 0.3) is 0 Å². The average molecular weight is 289 g/mol. The monoisotopic (exact) mass is 288 g/mol. The zero-order valence-corrected chi connectivity index (χ0v) is 12.0. The van der Waals surface area contributed by atoms with Crippen molar-refractivity contribution in [3.05, 3.63) is 28.0 Å². The summed E-state index contributed by atoms with van der Waals surface area (Å²) in [6, 6.07) is 3.62. The van der Waals surface area contributed by atoms with Crippen LogP contribution in [-0.4, -0.2) is 34.2 Å². The number of hydrogen-bond donors (Lipinski definition) is 1. The Morgan fingerprint density at radius 1 is 1.33 bits per heavy atom. The third-order valence-corrected chi connectivity index (χ3v) is 3.97. The van der Waals surface area contributed by atoms with Crippen LogP contribution in [0.2, 0.25) is 10.3 Å². The molecule has 0 spiro atoms. The lowest BCUT2D eigenvalue weighted by molar-refractivity contribution is 0.0145. The van der Waals surface area contributed by atoms with Gasteiger partial charge in [-0.3, -0.25) is 4.90 Å². The smallest absolute Gasteiger partial charge is 0.135 e. The zero-order chi connectivity index (χ0) is 13.2. The molecule has 3 nitrogen and oxygen atoms in total. The summed E-state index contributed by atoms with van der Waals surface area (Å²) >= 11 is 11.8. The van der Waals surface area contributed by atoms with Gasteiger partial charge in [0.25, 0.3) is 0 Å². The number of aromatic nitrogens is 1. The first-order valence-corrected chi connectivity index (χ1v) is 6.96. The maximum atomic E-state index is 10.3. The molecule has 1 heterocycles. The molecule has 1 aliphatic rings. The Morgan fingerprint density at radius 2 is 2.00 bits per heavy atom. The largest absolute Gasteiger partial charge is 0.389 e. The molecule has 1 N–H and O–H groups in total. The second kappa shape index (κ2) is 5.74. The van der Waals surface area contributed by atoms with Crippen LogP contribution in [0.15, 0.2) is 12.1 Å². The van der Waals surface area contributed by atoms with Crippen LogP contribution in [0.1, 0.15) is 31.2 Å². The third kappa shape index (κ3) is 3.58. The van der Waals surface area contributed by atoms with E-state index < -0.39 is 5.60 Å². The minimum absolute atomic E-state index is 0.404. The number of rotatable bonds is 4. The Kier molecular flexibility index (Phi) is 4.49. The van der Waals surface area contributed by atoms with Crippen molar-refractivity contribution in [3.63, 3.8) is 0 Å². The number of hydrogen-bond acceptors (Lipinski definition) is 3. The van der Waals surface area contributed by atoms with Crippen molar-refractivity contribution < 1.29 is 5.11 Å². The highest BCUT2D eigenvalue weighted by Crippen LogP contribution is 2.30. The van der Waals surface area contributed by atoms with E-state index in [1.165, 1.54) is 0 Å². The Labute approximate surface area is 118 Å². The van der Waals surface area contributed by atoms with Gasteiger partial charge >= 0.3 is 0 Å². The SMILES string of the molecule is CN(Cc1ccc(Cl)nc1Cl)CC1(O)CCCC1. The van der Waals surface area contributed by atoms with Crippen LogP contribution in [0.4, 0.5) is 0 Å². The molecular formula is C13H18Cl2N2O. The molecule has 0 saturated heterocycles. The van der Waals surface area contributed by atoms with Gasteiger partial charge in [0, 0.05) is 18.7 Å². The molecule has 2 rings (SSSR count). The quantitative estimate of drug-likeness (QED) is 0.865. The van der Waals surface area contributed by atoms with E-state index in [2.05, 4.69) is 9.88 Å². The Hall–Kier alpha value is -0.350. The number of likely N-dealkylation sites (N-methyl/N-ethyl adjacent to an activating group) is 1. The lowest BCUT2D eigenvalue weighted by Crippen LogP contribution is -2.38. The first kappa shape index (κ1) is 14.1. The van der Waals surface area contributed by atoms with Crippen LogP contribution in [0.5, 0.6) is 0 Å². The van der Waals surface area contributed by atoms with Crippen molar-refractivity contribution in [2.75, 3.05) is 13.6 Å². The van der Waals surface area contributed by atoms with Crippen molar-refractivity contribution >= 4 is 23.2 Å². The van der Waals surface area contributed by atoms with Crippen molar-refractivity contribution in [3.8, 4) is 0 Å². The summed E-state index contributed by atoms with van der Waals surface area (Å²) in [5, 5.41) is 11.2. The fourth-order valence-corrected chi connectivity index (χ4v) is 3.00. The van der Waals surface area contributed by atoms with E-state index in [0.717, 1.165) is 31.2 Å². The van der Waals surface area contributed by atoms with E-state index >= 15 is 0 Å². The normalized spacial score (nSPS) is 18.5. The molecule has 0 aromatic carbocycles. The van der Waals surface area contributed by atoms with Gasteiger partial charge in [0.2, 0.25) is 0 Å². The summed E-state index contributed by atoms with van der Waals surface area (Å²) in [6.07, 6.45) is 4.02. The van der Waals surface area contributed by atoms with E-state index in [1.807, 2.05) is 13.1 Å². The minimum Gasteiger partial charge on any atom is -0.389 e. The lowest BCUT2D eigenvalue weighted by Gasteiger charge is -2.28. The summed E-state index contributed by atoms with van der Waals surface area (Å²) in [5.74, 6) is 0. The van der Waals surface area contributed by atoms with E-state index in [1.54, 1.807) is 6.07 Å². The molecule has 1 saturated carbocycles. The van der Waals surface area contributed by atoms with E-state index in [-0.39, 0.29) is 0 Å². The molecule has 0 bridgehead atoms. The standard InChI is InChI=1S/C13H18Cl2N2O/c1-17(9-13(18)6-2-3-7-13)8-10-4-5-11(14)16-12(10)15/h4-5,18H,2-3,6-9H2,1H3. The molecule has 0 unspecified atom stereocenters. The molecule has 0 radical (unpaired) electrons. The van der Waals surface area contributed by atoms with Crippen LogP contribution in [0, 0.1) is 0 Å². The van der Waals surface area contributed by atoms with Gasteiger partial charge in [-0.15, -0.1) is 0 Å². The predicted molar refractivity (Wildman–Crippen MR) is 74.0 cm³/mol. The summed E-state index contributed by atoms with van der Waals surface area (Å²) in [5.41, 5.74) is 0.409. The van der Waals surface area contributed by atoms with E-state index in [9.17, 15) is 5.11 Å². The zero-order valence-electron chi connectivity index (χ0n) is 10.5. The van der Waals surface area contributed by atoms with Gasteiger partial charge < -0.3 is 5.11 Å². The third-order valence-electron chi connectivity index (χ3n) is 3.43. The molecule has 1 aliphatic carbocycles. The molecular weight excluding hydrogens is 271 g/mol. The van der Waals surface area contributed by atoms with Gasteiger partial charge in [0.15, 0.2) is 0 Å². The van der Waals surface area contributed by atoms with Gasteiger partial charge in [0.1, 0.15) is 10.3 Å². The number of halogens is 2. The van der Waals surface area contributed by atoms with Crippen LogP contribution in [0.3, 0.4) is 0 Å². The first-order chi connectivity index (χ1) is 8.48. The fraction of sp³-hybridized carbons (Fsp3) is 0.615. The lowest BCUT2D eigenvalue weighted by atomic mass is 10.0. The van der Waals surface area contributed by atoms with Crippen molar-refractivity contribution in [2.24, 2.45) is 0 Å². The van der Waals surface area contributed by atoms with Crippen molar-refractivity contribution in [2.45, 2.75) is 37.8 Å². The average Bonchev–Trinajstić information content (AvgIpc) is 2.69. The predicted octanol–water partition coefficient (Wildman–Crippen LogP) is 3.13. The number of pyridine rings is 1. The molecule has 5 heteroatoms. The Balaban J connectivity index is 1.96. The minimum atomic E-state index is -0.527. The maximum absolute atomic E-state index is 10.3. The Bertz CT molecular complexity index is 419. The molecule has 0 aliphatic heterocycles. The van der Waals surface area contributed by atoms with Crippen molar-refractivity contribution in [1.29, 1.82) is 0 Å². The van der Waals surface area contributed by atoms with Gasteiger partial charge in [-0.05, 0) is 26.0 Å². The van der Waals surface area contributed by atoms with Crippen LogP contribution < -0.4 is 0 Å². The topological polar surface area (TPSA) is 36.4 Å². The number of nitrogens with zero attached hydrogens (tertiary/aromatic N) is 2. The highest BCUT2D eigenvalue weighted by atomic mass is 35.5. The second-order valence-corrected chi connectivity index (χ2v) is 5.93. The molecule has 1 aromatic rings. The fourth-order valence-electron chi connectivity index (χ4n) is 2.60. The highest BCUT2D eigenvalue weighted by molar-refractivity contribution is 6.32. The van der Waals surface area contributed by atoms with Crippen LogP contribution in [-0.2, 0) is 6.54 Å². The van der Waals surface area contributed by atoms with Gasteiger partial charge in [-0.2, -0.15) is 0 Å². The summed E-state index contributed by atoms with van der Waals surface area (Å²) in [6.45, 7) is 1.34. The molecule has 100 valence electrons. The van der Waals surface area contributed by atoms with Gasteiger partial charge in [0.05, 0.1) is 5.60 Å². The number of aliphatic hydroxyl groups is 1. The molecule has 0 amide bonds. The maximum Gasteiger partial charge on any atom is 0.135 e. The summed E-state index contributed by atoms with van der Waals surface area (Å²) in [4.78, 5) is 6.10. The van der Waals surface area contributed by atoms with E-state index in [4.69, 9.17) is 23.2 Å². The van der Waals surface area contributed by atoms with Crippen molar-refractivity contribution in [1.82, 2.24) is 9.88 Å². The Morgan fingerprint density at radius 3 is 2.61 bits per heavy atom. The molecule has 18 heavy (non-hydrogen) atoms. The van der Waals surface area contributed by atoms with Gasteiger partial charge in [-0.1, -0.05) is 42.1 Å². The molecule has 1 fully saturated rings. The summed E-state index contributed by atoms with van der Waals surface area (Å²) in [7, 11) is 1.99. The van der Waals surface area contributed by atoms with Crippen LogP contribution >= 0.6 is 23.2 Å².